The van der Waals surface area contributed by atoms with E-state index >= 15 is 0 Å². The van der Waals surface area contributed by atoms with Crippen LogP contribution < -0.4 is 4.72 Å². The SMILES string of the molecule is O=S(=O)(CCCO)NCCc1cccs1. The van der Waals surface area contributed by atoms with Crippen molar-refractivity contribution in [2.45, 2.75) is 12.8 Å². The van der Waals surface area contributed by atoms with Crippen LogP contribution in [0.25, 0.3) is 0 Å². The molecule has 0 aromatic carbocycles. The predicted molar refractivity (Wildman–Crippen MR) is 61.5 cm³/mol. The van der Waals surface area contributed by atoms with Crippen molar-refractivity contribution < 1.29 is 13.5 Å². The summed E-state index contributed by atoms with van der Waals surface area (Å²) in [6, 6.07) is 3.92. The summed E-state index contributed by atoms with van der Waals surface area (Å²) in [5, 5.41) is 10.5. The van der Waals surface area contributed by atoms with E-state index in [4.69, 9.17) is 5.11 Å². The Balaban J connectivity index is 2.24. The van der Waals surface area contributed by atoms with Gasteiger partial charge in [-0.15, -0.1) is 11.3 Å². The minimum absolute atomic E-state index is 0.00601. The van der Waals surface area contributed by atoms with Gasteiger partial charge in [0.15, 0.2) is 0 Å². The average Bonchev–Trinajstić information content (AvgIpc) is 2.67. The molecule has 4 nitrogen and oxygen atoms in total. The Bertz CT molecular complexity index is 359. The summed E-state index contributed by atoms with van der Waals surface area (Å²) < 4.78 is 25.1. The van der Waals surface area contributed by atoms with Gasteiger partial charge in [-0.05, 0) is 24.3 Å². The summed E-state index contributed by atoms with van der Waals surface area (Å²) in [7, 11) is -3.20. The first-order chi connectivity index (χ1) is 7.14. The van der Waals surface area contributed by atoms with E-state index in [-0.39, 0.29) is 18.8 Å². The van der Waals surface area contributed by atoms with Crippen LogP contribution >= 0.6 is 11.3 Å². The molecule has 1 rings (SSSR count). The standard InChI is InChI=1S/C9H15NO3S2/c11-6-2-8-15(12,13)10-5-4-9-3-1-7-14-9/h1,3,7,10-11H,2,4-6,8H2. The predicted octanol–water partition coefficient (Wildman–Crippen LogP) is 0.592. The van der Waals surface area contributed by atoms with Gasteiger partial charge >= 0.3 is 0 Å². The highest BCUT2D eigenvalue weighted by atomic mass is 32.2. The van der Waals surface area contributed by atoms with Gasteiger partial charge < -0.3 is 5.11 Å². The summed E-state index contributed by atoms with van der Waals surface area (Å²) in [6.45, 7) is 0.333. The molecular formula is C9H15NO3S2. The highest BCUT2D eigenvalue weighted by Gasteiger charge is 2.08. The number of hydrogen-bond donors (Lipinski definition) is 2. The van der Waals surface area contributed by atoms with Crippen molar-refractivity contribution >= 4 is 21.4 Å². The van der Waals surface area contributed by atoms with Gasteiger partial charge in [-0.3, -0.25) is 0 Å². The molecule has 0 aliphatic carbocycles. The zero-order valence-electron chi connectivity index (χ0n) is 8.35. The van der Waals surface area contributed by atoms with Crippen LogP contribution in [0, 0.1) is 0 Å². The van der Waals surface area contributed by atoms with Crippen molar-refractivity contribution in [3.05, 3.63) is 22.4 Å². The topological polar surface area (TPSA) is 66.4 Å². The third-order valence-corrected chi connectivity index (χ3v) is 4.25. The van der Waals surface area contributed by atoms with Crippen molar-refractivity contribution in [2.75, 3.05) is 18.9 Å². The van der Waals surface area contributed by atoms with Gasteiger partial charge in [0, 0.05) is 18.0 Å². The van der Waals surface area contributed by atoms with Crippen molar-refractivity contribution in [3.8, 4) is 0 Å². The molecule has 1 aromatic rings. The normalized spacial score (nSPS) is 11.8. The number of aliphatic hydroxyl groups excluding tert-OH is 1. The molecule has 86 valence electrons. The zero-order chi connectivity index (χ0) is 11.1. The second-order valence-electron chi connectivity index (χ2n) is 3.12. The van der Waals surface area contributed by atoms with E-state index in [0.717, 1.165) is 6.42 Å². The van der Waals surface area contributed by atoms with Crippen LogP contribution in [0.15, 0.2) is 17.5 Å². The van der Waals surface area contributed by atoms with Crippen LogP contribution in [-0.2, 0) is 16.4 Å². The van der Waals surface area contributed by atoms with Crippen LogP contribution in [-0.4, -0.2) is 32.4 Å². The van der Waals surface area contributed by atoms with Crippen LogP contribution in [0.1, 0.15) is 11.3 Å². The first-order valence-electron chi connectivity index (χ1n) is 4.74. The van der Waals surface area contributed by atoms with Gasteiger partial charge in [-0.1, -0.05) is 6.07 Å². The Hall–Kier alpha value is -0.430. The van der Waals surface area contributed by atoms with Crippen molar-refractivity contribution in [2.24, 2.45) is 0 Å². The lowest BCUT2D eigenvalue weighted by Gasteiger charge is -2.04. The lowest BCUT2D eigenvalue weighted by atomic mass is 10.3. The van der Waals surface area contributed by atoms with Crippen LogP contribution in [0.4, 0.5) is 0 Å². The molecule has 0 bridgehead atoms. The van der Waals surface area contributed by atoms with E-state index in [2.05, 4.69) is 4.72 Å². The fraction of sp³-hybridized carbons (Fsp3) is 0.556. The van der Waals surface area contributed by atoms with Crippen molar-refractivity contribution in [3.63, 3.8) is 0 Å². The average molecular weight is 249 g/mol. The molecule has 1 aromatic heterocycles. The van der Waals surface area contributed by atoms with E-state index in [0.29, 0.717) is 6.54 Å². The van der Waals surface area contributed by atoms with Gasteiger partial charge in [-0.2, -0.15) is 0 Å². The number of sulfonamides is 1. The fourth-order valence-electron chi connectivity index (χ4n) is 1.11. The van der Waals surface area contributed by atoms with Crippen molar-refractivity contribution in [1.82, 2.24) is 4.72 Å². The molecule has 0 amide bonds. The van der Waals surface area contributed by atoms with Crippen LogP contribution in [0.3, 0.4) is 0 Å². The Labute approximate surface area is 94.0 Å². The van der Waals surface area contributed by atoms with Crippen LogP contribution in [0.5, 0.6) is 0 Å². The number of hydrogen-bond acceptors (Lipinski definition) is 4. The number of thiophene rings is 1. The monoisotopic (exact) mass is 249 g/mol. The van der Waals surface area contributed by atoms with Crippen molar-refractivity contribution in [1.29, 1.82) is 0 Å². The Kier molecular flexibility index (Phi) is 5.24. The van der Waals surface area contributed by atoms with Gasteiger partial charge in [0.2, 0.25) is 10.0 Å². The molecule has 0 aliphatic rings. The number of nitrogens with one attached hydrogen (secondary N) is 1. The summed E-state index contributed by atoms with van der Waals surface area (Å²) in [6.07, 6.45) is 1.00. The summed E-state index contributed by atoms with van der Waals surface area (Å²) >= 11 is 1.62. The van der Waals surface area contributed by atoms with E-state index in [1.165, 1.54) is 4.88 Å². The molecule has 0 saturated heterocycles. The van der Waals surface area contributed by atoms with E-state index in [1.807, 2.05) is 17.5 Å². The molecule has 0 atom stereocenters. The number of aliphatic hydroxyl groups is 1. The molecule has 0 spiro atoms. The highest BCUT2D eigenvalue weighted by molar-refractivity contribution is 7.89. The zero-order valence-corrected chi connectivity index (χ0v) is 9.98. The Morgan fingerprint density at radius 3 is 2.87 bits per heavy atom. The van der Waals surface area contributed by atoms with E-state index in [9.17, 15) is 8.42 Å². The molecule has 0 aliphatic heterocycles. The fourth-order valence-corrected chi connectivity index (χ4v) is 2.89. The highest BCUT2D eigenvalue weighted by Crippen LogP contribution is 2.08. The Morgan fingerprint density at radius 2 is 2.27 bits per heavy atom. The van der Waals surface area contributed by atoms with Gasteiger partial charge in [-0.25, -0.2) is 13.1 Å². The van der Waals surface area contributed by atoms with Gasteiger partial charge in [0.1, 0.15) is 0 Å². The summed E-state index contributed by atoms with van der Waals surface area (Å²) in [4.78, 5) is 1.17. The smallest absolute Gasteiger partial charge is 0.211 e. The lowest BCUT2D eigenvalue weighted by molar-refractivity contribution is 0.295. The quantitative estimate of drug-likeness (QED) is 0.743. The summed E-state index contributed by atoms with van der Waals surface area (Å²) in [5.74, 6) is -0.00601. The first kappa shape index (κ1) is 12.6. The molecular weight excluding hydrogens is 234 g/mol. The van der Waals surface area contributed by atoms with E-state index < -0.39 is 10.0 Å². The summed E-state index contributed by atoms with van der Waals surface area (Å²) in [5.41, 5.74) is 0. The molecule has 1 heterocycles. The molecule has 2 N–H and O–H groups in total. The molecule has 15 heavy (non-hydrogen) atoms. The van der Waals surface area contributed by atoms with E-state index in [1.54, 1.807) is 11.3 Å². The molecule has 0 radical (unpaired) electrons. The molecule has 0 saturated carbocycles. The third kappa shape index (κ3) is 5.27. The Morgan fingerprint density at radius 1 is 1.47 bits per heavy atom. The second-order valence-corrected chi connectivity index (χ2v) is 6.08. The second kappa shape index (κ2) is 6.22. The maximum absolute atomic E-state index is 11.3. The molecule has 0 unspecified atom stereocenters. The number of rotatable bonds is 7. The maximum atomic E-state index is 11.3. The lowest BCUT2D eigenvalue weighted by Crippen LogP contribution is -2.28. The largest absolute Gasteiger partial charge is 0.396 e. The minimum atomic E-state index is -3.20. The van der Waals surface area contributed by atoms with Gasteiger partial charge in [0.05, 0.1) is 5.75 Å². The molecule has 6 heteroatoms. The first-order valence-corrected chi connectivity index (χ1v) is 7.28. The maximum Gasteiger partial charge on any atom is 0.211 e. The third-order valence-electron chi connectivity index (χ3n) is 1.84. The van der Waals surface area contributed by atoms with Crippen LogP contribution in [0.2, 0.25) is 0 Å². The minimum Gasteiger partial charge on any atom is -0.396 e. The molecule has 0 fully saturated rings. The van der Waals surface area contributed by atoms with Gasteiger partial charge in [0.25, 0.3) is 0 Å².